The van der Waals surface area contributed by atoms with Crippen molar-refractivity contribution < 1.29 is 28.2 Å². The van der Waals surface area contributed by atoms with Gasteiger partial charge in [0.1, 0.15) is 34.4 Å². The molecule has 0 fully saturated rings. The van der Waals surface area contributed by atoms with E-state index in [2.05, 4.69) is 5.32 Å². The molecule has 3 rings (SSSR count). The first-order valence-electron chi connectivity index (χ1n) is 8.91. The van der Waals surface area contributed by atoms with E-state index in [1.807, 2.05) is 18.2 Å². The van der Waals surface area contributed by atoms with Gasteiger partial charge in [0, 0.05) is 12.0 Å². The second-order valence-corrected chi connectivity index (χ2v) is 6.11. The topological polar surface area (TPSA) is 79.2 Å². The predicted molar refractivity (Wildman–Crippen MR) is 109 cm³/mol. The molecule has 1 heterocycles. The fourth-order valence-electron chi connectivity index (χ4n) is 2.95. The molecule has 7 heteroatoms. The Balaban J connectivity index is 1.80. The normalized spacial score (nSPS) is 10.3. The zero-order valence-corrected chi connectivity index (χ0v) is 16.8. The van der Waals surface area contributed by atoms with E-state index in [-0.39, 0.29) is 5.76 Å². The molecule has 0 aliphatic heterocycles. The van der Waals surface area contributed by atoms with E-state index in [4.69, 9.17) is 23.4 Å². The molecule has 1 amide bonds. The van der Waals surface area contributed by atoms with Gasteiger partial charge in [-0.1, -0.05) is 6.07 Å². The number of amides is 1. The molecule has 0 saturated heterocycles. The van der Waals surface area contributed by atoms with Gasteiger partial charge in [0.2, 0.25) is 0 Å². The largest absolute Gasteiger partial charge is 0.497 e. The second kappa shape index (κ2) is 9.05. The van der Waals surface area contributed by atoms with Crippen LogP contribution < -0.4 is 24.3 Å². The zero-order chi connectivity index (χ0) is 20.8. The van der Waals surface area contributed by atoms with Gasteiger partial charge in [0.15, 0.2) is 5.76 Å². The molecule has 0 aliphatic carbocycles. The quantitative estimate of drug-likeness (QED) is 0.615. The lowest BCUT2D eigenvalue weighted by Gasteiger charge is -2.13. The van der Waals surface area contributed by atoms with Crippen LogP contribution in [0.1, 0.15) is 21.9 Å². The smallest absolute Gasteiger partial charge is 0.291 e. The number of benzene rings is 2. The van der Waals surface area contributed by atoms with Crippen molar-refractivity contribution in [2.24, 2.45) is 0 Å². The molecule has 0 aliphatic rings. The minimum Gasteiger partial charge on any atom is -0.497 e. The highest BCUT2D eigenvalue weighted by atomic mass is 16.5. The number of furan rings is 1. The van der Waals surface area contributed by atoms with Crippen molar-refractivity contribution in [2.75, 3.05) is 33.8 Å². The van der Waals surface area contributed by atoms with E-state index in [1.54, 1.807) is 44.6 Å². The number of anilines is 1. The van der Waals surface area contributed by atoms with Gasteiger partial charge < -0.3 is 28.7 Å². The van der Waals surface area contributed by atoms with E-state index in [0.717, 1.165) is 5.56 Å². The average molecular weight is 397 g/mol. The molecule has 2 aromatic carbocycles. The summed E-state index contributed by atoms with van der Waals surface area (Å²) in [5.41, 5.74) is 1.33. The van der Waals surface area contributed by atoms with Crippen LogP contribution in [0.5, 0.6) is 23.0 Å². The van der Waals surface area contributed by atoms with Crippen molar-refractivity contribution in [2.45, 2.75) is 6.42 Å². The summed E-state index contributed by atoms with van der Waals surface area (Å²) in [4.78, 5) is 12.7. The molecule has 0 unspecified atom stereocenters. The maximum absolute atomic E-state index is 12.7. The van der Waals surface area contributed by atoms with Crippen molar-refractivity contribution in [3.05, 3.63) is 65.6 Å². The Morgan fingerprint density at radius 1 is 0.862 bits per heavy atom. The van der Waals surface area contributed by atoms with Crippen LogP contribution in [-0.2, 0) is 6.42 Å². The number of hydrogen-bond acceptors (Lipinski definition) is 6. The number of carbonyl (C=O) groups is 1. The van der Waals surface area contributed by atoms with Gasteiger partial charge >= 0.3 is 0 Å². The molecular formula is C22H23NO6. The van der Waals surface area contributed by atoms with Gasteiger partial charge in [-0.25, -0.2) is 0 Å². The van der Waals surface area contributed by atoms with Crippen LogP contribution >= 0.6 is 0 Å². The maximum atomic E-state index is 12.7. The Bertz CT molecular complexity index is 972. The van der Waals surface area contributed by atoms with E-state index in [0.29, 0.717) is 40.9 Å². The number of rotatable bonds is 8. The van der Waals surface area contributed by atoms with Crippen LogP contribution in [-0.4, -0.2) is 34.3 Å². The minimum absolute atomic E-state index is 0.176. The summed E-state index contributed by atoms with van der Waals surface area (Å²) in [6.07, 6.45) is 0.450. The van der Waals surface area contributed by atoms with Gasteiger partial charge in [-0.3, -0.25) is 4.79 Å². The zero-order valence-electron chi connectivity index (χ0n) is 16.8. The molecule has 0 atom stereocenters. The number of nitrogens with one attached hydrogen (secondary N) is 1. The Labute approximate surface area is 169 Å². The Morgan fingerprint density at radius 2 is 1.55 bits per heavy atom. The fourth-order valence-corrected chi connectivity index (χ4v) is 2.95. The number of carbonyl (C=O) groups excluding carboxylic acids is 1. The third-order valence-electron chi connectivity index (χ3n) is 4.40. The summed E-state index contributed by atoms with van der Waals surface area (Å²) < 4.78 is 27.0. The Hall–Kier alpha value is -3.61. The fraction of sp³-hybridized carbons (Fsp3) is 0.227. The number of para-hydroxylation sites is 1. The summed E-state index contributed by atoms with van der Waals surface area (Å²) >= 11 is 0. The van der Waals surface area contributed by atoms with Gasteiger partial charge in [-0.05, 0) is 42.5 Å². The molecule has 152 valence electrons. The molecule has 0 bridgehead atoms. The van der Waals surface area contributed by atoms with E-state index in [9.17, 15) is 4.79 Å². The molecule has 29 heavy (non-hydrogen) atoms. The van der Waals surface area contributed by atoms with Crippen LogP contribution in [0.25, 0.3) is 0 Å². The summed E-state index contributed by atoms with van der Waals surface area (Å²) in [7, 11) is 6.26. The minimum atomic E-state index is -0.406. The summed E-state index contributed by atoms with van der Waals surface area (Å²) in [5, 5.41) is 2.79. The van der Waals surface area contributed by atoms with Crippen molar-refractivity contribution in [3.8, 4) is 23.0 Å². The Kier molecular flexibility index (Phi) is 6.29. The first-order chi connectivity index (χ1) is 14.1. The van der Waals surface area contributed by atoms with Gasteiger partial charge in [0.05, 0.1) is 28.4 Å². The van der Waals surface area contributed by atoms with Gasteiger partial charge in [-0.2, -0.15) is 0 Å². The highest BCUT2D eigenvalue weighted by Crippen LogP contribution is 2.34. The van der Waals surface area contributed by atoms with Crippen molar-refractivity contribution in [3.63, 3.8) is 0 Å². The van der Waals surface area contributed by atoms with Crippen LogP contribution in [0.4, 0.5) is 5.69 Å². The van der Waals surface area contributed by atoms with Crippen molar-refractivity contribution in [1.82, 2.24) is 0 Å². The SMILES string of the molecule is COc1ccc(OC)c(Cc2ccc(C(=O)Nc3c(OC)cccc3OC)o2)c1. The summed E-state index contributed by atoms with van der Waals surface area (Å²) in [6, 6.07) is 14.2. The van der Waals surface area contributed by atoms with Crippen molar-refractivity contribution >= 4 is 11.6 Å². The van der Waals surface area contributed by atoms with Crippen LogP contribution in [0.3, 0.4) is 0 Å². The standard InChI is InChI=1S/C22H23NO6/c1-25-15-8-10-17(26-2)14(12-15)13-16-9-11-20(29-16)22(24)23-21-18(27-3)6-5-7-19(21)28-4/h5-12H,13H2,1-4H3,(H,23,24). The second-order valence-electron chi connectivity index (χ2n) is 6.11. The maximum Gasteiger partial charge on any atom is 0.291 e. The molecule has 1 N–H and O–H groups in total. The van der Waals surface area contributed by atoms with E-state index >= 15 is 0 Å². The lowest BCUT2D eigenvalue weighted by atomic mass is 10.1. The molecule has 0 radical (unpaired) electrons. The highest BCUT2D eigenvalue weighted by Gasteiger charge is 2.18. The molecular weight excluding hydrogens is 374 g/mol. The first kappa shape index (κ1) is 20.1. The lowest BCUT2D eigenvalue weighted by molar-refractivity contribution is 0.0994. The third kappa shape index (κ3) is 4.45. The van der Waals surface area contributed by atoms with Gasteiger partial charge in [0.25, 0.3) is 5.91 Å². The predicted octanol–water partition coefficient (Wildman–Crippen LogP) is 4.16. The third-order valence-corrected chi connectivity index (χ3v) is 4.40. The number of ether oxygens (including phenoxy) is 4. The van der Waals surface area contributed by atoms with E-state index in [1.165, 1.54) is 14.2 Å². The van der Waals surface area contributed by atoms with Crippen molar-refractivity contribution in [1.29, 1.82) is 0 Å². The van der Waals surface area contributed by atoms with Gasteiger partial charge in [-0.15, -0.1) is 0 Å². The van der Waals surface area contributed by atoms with E-state index < -0.39 is 5.91 Å². The molecule has 1 aromatic heterocycles. The molecule has 0 saturated carbocycles. The van der Waals surface area contributed by atoms with Crippen LogP contribution in [0, 0.1) is 0 Å². The number of hydrogen-bond donors (Lipinski definition) is 1. The lowest BCUT2D eigenvalue weighted by Crippen LogP contribution is -2.12. The average Bonchev–Trinajstić information content (AvgIpc) is 3.22. The molecule has 0 spiro atoms. The summed E-state index contributed by atoms with van der Waals surface area (Å²) in [5.74, 6) is 2.80. The number of methoxy groups -OCH3 is 4. The Morgan fingerprint density at radius 3 is 2.17 bits per heavy atom. The monoisotopic (exact) mass is 397 g/mol. The summed E-state index contributed by atoms with van der Waals surface area (Å²) in [6.45, 7) is 0. The molecule has 7 nitrogen and oxygen atoms in total. The molecule has 3 aromatic rings. The van der Waals surface area contributed by atoms with Crippen LogP contribution in [0.15, 0.2) is 52.9 Å². The highest BCUT2D eigenvalue weighted by molar-refractivity contribution is 6.04. The van der Waals surface area contributed by atoms with Crippen LogP contribution in [0.2, 0.25) is 0 Å². The first-order valence-corrected chi connectivity index (χ1v) is 8.91.